The molecule has 1 aromatic carbocycles. The number of aromatic amines is 1. The zero-order chi connectivity index (χ0) is 32.0. The van der Waals surface area contributed by atoms with E-state index in [-0.39, 0.29) is 40.4 Å². The van der Waals surface area contributed by atoms with Gasteiger partial charge in [0.1, 0.15) is 29.4 Å². The van der Waals surface area contributed by atoms with Crippen LogP contribution in [0.25, 0.3) is 28.0 Å². The van der Waals surface area contributed by atoms with Crippen LogP contribution in [0.3, 0.4) is 0 Å². The molecule has 14 nitrogen and oxygen atoms in total. The second kappa shape index (κ2) is 11.8. The van der Waals surface area contributed by atoms with Gasteiger partial charge >= 0.3 is 0 Å². The van der Waals surface area contributed by atoms with E-state index < -0.39 is 9.84 Å². The topological polar surface area (TPSA) is 184 Å². The van der Waals surface area contributed by atoms with Gasteiger partial charge in [-0.2, -0.15) is 9.61 Å². The van der Waals surface area contributed by atoms with Crippen molar-refractivity contribution in [2.75, 3.05) is 32.3 Å². The van der Waals surface area contributed by atoms with Crippen LogP contribution in [0.1, 0.15) is 47.9 Å². The smallest absolute Gasteiger partial charge is 0.292 e. The van der Waals surface area contributed by atoms with Gasteiger partial charge in [0.25, 0.3) is 5.91 Å². The molecular formula is C31H33N9O5S. The average Bonchev–Trinajstić information content (AvgIpc) is 3.79. The Balaban J connectivity index is 1.20. The quantitative estimate of drug-likeness (QED) is 0.225. The zero-order valence-electron chi connectivity index (χ0n) is 25.3. The van der Waals surface area contributed by atoms with Crippen LogP contribution in [-0.4, -0.2) is 92.7 Å². The Bertz CT molecular complexity index is 1980. The Labute approximate surface area is 264 Å². The summed E-state index contributed by atoms with van der Waals surface area (Å²) in [5.74, 6) is 0.534. The van der Waals surface area contributed by atoms with Gasteiger partial charge in [-0.15, -0.1) is 10.2 Å². The highest BCUT2D eigenvalue weighted by atomic mass is 32.2. The summed E-state index contributed by atoms with van der Waals surface area (Å²) >= 11 is 0. The molecule has 0 unspecified atom stereocenters. The number of hydrogen-bond donors (Lipinski definition) is 2. The number of aromatic nitrogens is 7. The number of hydrogen-bond acceptors (Lipinski definition) is 11. The molecule has 6 heterocycles. The van der Waals surface area contributed by atoms with Crippen molar-refractivity contribution in [2.24, 2.45) is 0 Å². The molecule has 0 aliphatic carbocycles. The Morgan fingerprint density at radius 2 is 1.78 bits per heavy atom. The summed E-state index contributed by atoms with van der Waals surface area (Å²) in [6, 6.07) is 11.3. The summed E-state index contributed by atoms with van der Waals surface area (Å²) in [4.78, 5) is 27.5. The maximum Gasteiger partial charge on any atom is 0.292 e. The third kappa shape index (κ3) is 5.34. The minimum absolute atomic E-state index is 0.0126. The van der Waals surface area contributed by atoms with E-state index in [0.29, 0.717) is 43.0 Å². The molecule has 5 aromatic rings. The van der Waals surface area contributed by atoms with Gasteiger partial charge < -0.3 is 25.1 Å². The Kier molecular flexibility index (Phi) is 7.64. The summed E-state index contributed by atoms with van der Waals surface area (Å²) < 4.78 is 38.3. The third-order valence-electron chi connectivity index (χ3n) is 8.79. The van der Waals surface area contributed by atoms with Gasteiger partial charge in [-0.3, -0.25) is 9.78 Å². The number of benzene rings is 1. The number of sulfone groups is 1. The van der Waals surface area contributed by atoms with Crippen molar-refractivity contribution >= 4 is 27.2 Å². The Morgan fingerprint density at radius 3 is 2.41 bits per heavy atom. The first-order chi connectivity index (χ1) is 22.2. The second-order valence-electron chi connectivity index (χ2n) is 11.7. The normalized spacial score (nSPS) is 19.5. The van der Waals surface area contributed by atoms with E-state index in [9.17, 15) is 13.2 Å². The molecule has 2 bridgehead atoms. The van der Waals surface area contributed by atoms with E-state index >= 15 is 0 Å². The van der Waals surface area contributed by atoms with Crippen molar-refractivity contribution in [3.63, 3.8) is 0 Å². The number of nitrogens with two attached hydrogens (primary N) is 1. The van der Waals surface area contributed by atoms with Crippen LogP contribution in [0.5, 0.6) is 5.75 Å². The largest absolute Gasteiger partial charge is 0.491 e. The number of nitrogens with zero attached hydrogens (tertiary/aromatic N) is 7. The molecule has 1 amide bonds. The fourth-order valence-corrected chi connectivity index (χ4v) is 7.79. The molecule has 0 spiro atoms. The first-order valence-electron chi connectivity index (χ1n) is 15.0. The summed E-state index contributed by atoms with van der Waals surface area (Å²) in [6.45, 7) is 0.982. The molecule has 0 saturated carbocycles. The lowest BCUT2D eigenvalue weighted by molar-refractivity contribution is 0.0556. The number of carbonyl (C=O) groups is 1. The molecule has 4 aromatic heterocycles. The minimum Gasteiger partial charge on any atom is -0.491 e. The van der Waals surface area contributed by atoms with Gasteiger partial charge in [0.15, 0.2) is 15.5 Å². The van der Waals surface area contributed by atoms with Crippen LogP contribution < -0.4 is 10.5 Å². The number of ether oxygens (including phenoxy) is 2. The number of nitrogen functional groups attached to an aromatic ring is 1. The number of piperidine rings is 1. The van der Waals surface area contributed by atoms with Crippen LogP contribution in [-0.2, 0) is 14.6 Å². The van der Waals surface area contributed by atoms with Crippen molar-refractivity contribution < 1.29 is 22.7 Å². The molecule has 46 heavy (non-hydrogen) atoms. The number of H-pyrrole nitrogens is 1. The number of pyridine rings is 1. The molecule has 7 rings (SSSR count). The summed E-state index contributed by atoms with van der Waals surface area (Å²) in [5, 5.41) is 12.1. The molecule has 2 aliphatic rings. The van der Waals surface area contributed by atoms with E-state index in [2.05, 4.69) is 25.3 Å². The van der Waals surface area contributed by atoms with E-state index in [1.807, 2.05) is 41.3 Å². The van der Waals surface area contributed by atoms with Crippen LogP contribution in [0.4, 0.5) is 5.82 Å². The zero-order valence-corrected chi connectivity index (χ0v) is 26.1. The van der Waals surface area contributed by atoms with Crippen molar-refractivity contribution in [3.8, 4) is 28.1 Å². The third-order valence-corrected chi connectivity index (χ3v) is 9.95. The van der Waals surface area contributed by atoms with E-state index in [1.54, 1.807) is 19.5 Å². The maximum absolute atomic E-state index is 13.2. The highest BCUT2D eigenvalue weighted by molar-refractivity contribution is 7.91. The van der Waals surface area contributed by atoms with Gasteiger partial charge in [0.05, 0.1) is 24.2 Å². The Hall–Kier alpha value is -4.89. The first-order valence-corrected chi connectivity index (χ1v) is 16.9. The van der Waals surface area contributed by atoms with Crippen LogP contribution in [0, 0.1) is 0 Å². The number of fused-ring (bicyclic) bond motifs is 3. The number of amides is 1. The molecular weight excluding hydrogens is 610 g/mol. The van der Waals surface area contributed by atoms with Crippen molar-refractivity contribution in [1.82, 2.24) is 39.7 Å². The van der Waals surface area contributed by atoms with Crippen molar-refractivity contribution in [1.29, 1.82) is 0 Å². The van der Waals surface area contributed by atoms with E-state index in [4.69, 9.17) is 20.2 Å². The Morgan fingerprint density at radius 1 is 1.04 bits per heavy atom. The lowest BCUT2D eigenvalue weighted by Gasteiger charge is -2.38. The highest BCUT2D eigenvalue weighted by Crippen LogP contribution is 2.45. The van der Waals surface area contributed by atoms with Crippen molar-refractivity contribution in [2.45, 2.75) is 48.6 Å². The molecule has 3 N–H and O–H groups in total. The van der Waals surface area contributed by atoms with Crippen LogP contribution in [0.2, 0.25) is 0 Å². The maximum atomic E-state index is 13.2. The average molecular weight is 644 g/mol. The molecule has 2 fully saturated rings. The first kappa shape index (κ1) is 29.8. The van der Waals surface area contributed by atoms with Gasteiger partial charge in [-0.1, -0.05) is 6.07 Å². The number of rotatable bonds is 9. The molecule has 15 heteroatoms. The van der Waals surface area contributed by atoms with Gasteiger partial charge in [-0.25, -0.2) is 13.4 Å². The molecule has 3 atom stereocenters. The van der Waals surface area contributed by atoms with E-state index in [0.717, 1.165) is 41.7 Å². The van der Waals surface area contributed by atoms with Gasteiger partial charge in [0, 0.05) is 54.3 Å². The monoisotopic (exact) mass is 643 g/mol. The molecule has 2 saturated heterocycles. The highest BCUT2D eigenvalue weighted by Gasteiger charge is 2.46. The number of carbonyl (C=O) groups excluding carboxylic acids is 1. The van der Waals surface area contributed by atoms with Gasteiger partial charge in [0.2, 0.25) is 5.82 Å². The van der Waals surface area contributed by atoms with Gasteiger partial charge in [-0.05, 0) is 56.0 Å². The van der Waals surface area contributed by atoms with Crippen LogP contribution in [0.15, 0.2) is 60.0 Å². The SMILES string of the molecule is COCCOc1ccc(-c2ccc(-c3cnn4c(N)c(S(C)(=O)=O)c([C@H]5C[C@H]6CC[C@@H](C5)N6C(=O)c5nnc[nH]5)nc34)cn2)cc1. The number of nitrogens with one attached hydrogen (secondary N) is 1. The van der Waals surface area contributed by atoms with Crippen LogP contribution >= 0.6 is 0 Å². The standard InChI is InChI=1S/C31H33N9O5S/c1-44-11-12-45-23-8-3-18(4-9-23)25-10-5-19(15-33-25)24-16-36-40-28(32)27(46(2,42)43)26(37-30(24)40)20-13-21-6-7-22(14-20)39(21)31(41)29-34-17-35-38-29/h3-5,8-10,15-17,20-22H,6-7,11-14,32H2,1-2H3,(H,34,35,38)/t20-,21+,22-. The summed E-state index contributed by atoms with van der Waals surface area (Å²) in [6.07, 6.45) is 8.61. The fourth-order valence-electron chi connectivity index (χ4n) is 6.73. The van der Waals surface area contributed by atoms with Crippen molar-refractivity contribution in [3.05, 3.63) is 66.6 Å². The number of methoxy groups -OCH3 is 1. The molecule has 0 radical (unpaired) electrons. The number of anilines is 1. The predicted molar refractivity (Wildman–Crippen MR) is 168 cm³/mol. The summed E-state index contributed by atoms with van der Waals surface area (Å²) in [5.41, 5.74) is 10.5. The second-order valence-corrected chi connectivity index (χ2v) is 13.6. The lowest BCUT2D eigenvalue weighted by atomic mass is 9.87. The lowest BCUT2D eigenvalue weighted by Crippen LogP contribution is -2.46. The predicted octanol–water partition coefficient (Wildman–Crippen LogP) is 3.14. The molecule has 2 aliphatic heterocycles. The minimum atomic E-state index is -3.77. The van der Waals surface area contributed by atoms with E-state index in [1.165, 1.54) is 10.8 Å². The fraction of sp³-hybridized carbons (Fsp3) is 0.355. The molecule has 238 valence electrons. The summed E-state index contributed by atoms with van der Waals surface area (Å²) in [7, 11) is -2.14.